The third kappa shape index (κ3) is 5.59. The lowest BCUT2D eigenvalue weighted by atomic mass is 10.0. The van der Waals surface area contributed by atoms with Gasteiger partial charge in [-0.1, -0.05) is 11.8 Å². The molecule has 0 spiro atoms. The molecule has 8 heteroatoms. The second-order valence-corrected chi connectivity index (χ2v) is 10.3. The number of aliphatic hydroxyl groups is 2. The van der Waals surface area contributed by atoms with E-state index in [1.54, 1.807) is 20.0 Å². The van der Waals surface area contributed by atoms with Crippen LogP contribution in [0.3, 0.4) is 0 Å². The quantitative estimate of drug-likeness (QED) is 0.353. The van der Waals surface area contributed by atoms with Crippen molar-refractivity contribution < 1.29 is 23.4 Å². The maximum Gasteiger partial charge on any atom is 0.255 e. The van der Waals surface area contributed by atoms with Gasteiger partial charge in [0.2, 0.25) is 5.89 Å². The number of benzene rings is 2. The van der Waals surface area contributed by atoms with Crippen LogP contribution in [0, 0.1) is 37.3 Å². The zero-order chi connectivity index (χ0) is 28.0. The fourth-order valence-electron chi connectivity index (χ4n) is 4.07. The highest BCUT2D eigenvalue weighted by Gasteiger charge is 2.28. The Morgan fingerprint density at radius 2 is 1.63 bits per heavy atom. The van der Waals surface area contributed by atoms with Crippen molar-refractivity contribution in [2.45, 2.75) is 52.7 Å². The van der Waals surface area contributed by atoms with Crippen molar-refractivity contribution in [3.63, 3.8) is 0 Å². The predicted octanol–water partition coefficient (Wildman–Crippen LogP) is 5.40. The second-order valence-electron chi connectivity index (χ2n) is 10.3. The van der Waals surface area contributed by atoms with E-state index in [1.807, 2.05) is 26.0 Å². The van der Waals surface area contributed by atoms with Crippen molar-refractivity contribution in [1.29, 1.82) is 0 Å². The number of rotatable bonds is 4. The van der Waals surface area contributed by atoms with Crippen LogP contribution in [0.15, 0.2) is 57.9 Å². The Labute approximate surface area is 219 Å². The van der Waals surface area contributed by atoms with Gasteiger partial charge in [0.15, 0.2) is 5.76 Å². The minimum absolute atomic E-state index is 0.00416. The molecule has 4 aromatic rings. The first-order valence-electron chi connectivity index (χ1n) is 11.9. The molecule has 0 amide bonds. The van der Waals surface area contributed by atoms with Crippen LogP contribution in [0.4, 0.5) is 8.78 Å². The largest absolute Gasteiger partial charge is 0.437 e. The molecule has 2 heterocycles. The summed E-state index contributed by atoms with van der Waals surface area (Å²) in [5.74, 6) is 4.07. The van der Waals surface area contributed by atoms with Gasteiger partial charge in [-0.15, -0.1) is 0 Å². The van der Waals surface area contributed by atoms with E-state index in [-0.39, 0.29) is 28.5 Å². The van der Waals surface area contributed by atoms with Gasteiger partial charge in [0.25, 0.3) is 5.56 Å². The molecular formula is C30H28F2N2O4. The molecule has 2 aromatic carbocycles. The first kappa shape index (κ1) is 27.0. The summed E-state index contributed by atoms with van der Waals surface area (Å²) in [4.78, 5) is 17.4. The minimum atomic E-state index is -1.48. The zero-order valence-electron chi connectivity index (χ0n) is 22.0. The molecule has 38 heavy (non-hydrogen) atoms. The number of halogens is 2. The average molecular weight is 519 g/mol. The van der Waals surface area contributed by atoms with Gasteiger partial charge in [0, 0.05) is 29.5 Å². The molecular weight excluding hydrogens is 490 g/mol. The molecule has 0 atom stereocenters. The summed E-state index contributed by atoms with van der Waals surface area (Å²) in [6, 6.07) is 9.61. The van der Waals surface area contributed by atoms with Crippen LogP contribution < -0.4 is 5.56 Å². The molecule has 0 saturated carbocycles. The standard InChI is InChI=1S/C30H28F2N2O4/c1-17-13-19(11-12-29(3,4)36)14-18(2)26(17)34-16-20(7-10-24(34)35)25-27(38-28(33-25)30(5,6)37)22-9-8-21(31)15-23(22)32/h7-10,13-16,36-37H,1-6H3. The average Bonchev–Trinajstić information content (AvgIpc) is 3.24. The fourth-order valence-corrected chi connectivity index (χ4v) is 4.07. The Balaban J connectivity index is 1.91. The highest BCUT2D eigenvalue weighted by Crippen LogP contribution is 2.37. The summed E-state index contributed by atoms with van der Waals surface area (Å²) >= 11 is 0. The van der Waals surface area contributed by atoms with Crippen molar-refractivity contribution in [3.8, 4) is 40.1 Å². The summed E-state index contributed by atoms with van der Waals surface area (Å²) in [5.41, 5.74) is 0.495. The first-order chi connectivity index (χ1) is 17.6. The van der Waals surface area contributed by atoms with E-state index in [0.29, 0.717) is 16.8 Å². The van der Waals surface area contributed by atoms with Crippen LogP contribution in [-0.4, -0.2) is 25.4 Å². The van der Waals surface area contributed by atoms with Crippen molar-refractivity contribution in [2.75, 3.05) is 0 Å². The number of nitrogens with zero attached hydrogens (tertiary/aromatic N) is 2. The first-order valence-corrected chi connectivity index (χ1v) is 11.9. The van der Waals surface area contributed by atoms with Crippen LogP contribution in [0.1, 0.15) is 50.3 Å². The van der Waals surface area contributed by atoms with Gasteiger partial charge in [-0.25, -0.2) is 13.8 Å². The van der Waals surface area contributed by atoms with E-state index in [4.69, 9.17) is 4.42 Å². The topological polar surface area (TPSA) is 88.5 Å². The molecule has 0 unspecified atom stereocenters. The zero-order valence-corrected chi connectivity index (χ0v) is 22.0. The molecule has 2 N–H and O–H groups in total. The number of hydrogen-bond donors (Lipinski definition) is 2. The van der Waals surface area contributed by atoms with Crippen LogP contribution in [0.25, 0.3) is 28.3 Å². The minimum Gasteiger partial charge on any atom is -0.437 e. The van der Waals surface area contributed by atoms with E-state index in [9.17, 15) is 23.8 Å². The van der Waals surface area contributed by atoms with Crippen molar-refractivity contribution in [3.05, 3.63) is 93.2 Å². The van der Waals surface area contributed by atoms with E-state index in [1.165, 1.54) is 36.6 Å². The molecule has 0 bridgehead atoms. The molecule has 0 aliphatic carbocycles. The Hall–Kier alpha value is -4.06. The van der Waals surface area contributed by atoms with Crippen molar-refractivity contribution >= 4 is 0 Å². The number of oxazole rings is 1. The van der Waals surface area contributed by atoms with Gasteiger partial charge in [-0.2, -0.15) is 0 Å². The second kappa shape index (κ2) is 9.67. The Kier molecular flexibility index (Phi) is 6.87. The van der Waals surface area contributed by atoms with Crippen LogP contribution in [0.2, 0.25) is 0 Å². The molecule has 4 rings (SSSR count). The lowest BCUT2D eigenvalue weighted by Gasteiger charge is -2.15. The highest BCUT2D eigenvalue weighted by atomic mass is 19.1. The monoisotopic (exact) mass is 518 g/mol. The smallest absolute Gasteiger partial charge is 0.255 e. The van der Waals surface area contributed by atoms with Gasteiger partial charge in [-0.3, -0.25) is 9.36 Å². The number of aromatic nitrogens is 2. The Morgan fingerprint density at radius 1 is 0.974 bits per heavy atom. The molecule has 6 nitrogen and oxygen atoms in total. The molecule has 0 aliphatic heterocycles. The molecule has 2 aromatic heterocycles. The lowest BCUT2D eigenvalue weighted by molar-refractivity contribution is 0.0490. The predicted molar refractivity (Wildman–Crippen MR) is 141 cm³/mol. The summed E-state index contributed by atoms with van der Waals surface area (Å²) in [7, 11) is 0. The van der Waals surface area contributed by atoms with Gasteiger partial charge in [0.1, 0.15) is 28.5 Å². The summed E-state index contributed by atoms with van der Waals surface area (Å²) in [6.07, 6.45) is 1.57. The number of pyridine rings is 1. The van der Waals surface area contributed by atoms with Gasteiger partial charge in [0.05, 0.1) is 11.3 Å². The van der Waals surface area contributed by atoms with Crippen LogP contribution >= 0.6 is 0 Å². The van der Waals surface area contributed by atoms with E-state index >= 15 is 0 Å². The van der Waals surface area contributed by atoms with Gasteiger partial charge >= 0.3 is 0 Å². The molecule has 0 radical (unpaired) electrons. The number of hydrogen-bond acceptors (Lipinski definition) is 5. The maximum atomic E-state index is 14.8. The molecule has 196 valence electrons. The van der Waals surface area contributed by atoms with E-state index < -0.39 is 22.8 Å². The van der Waals surface area contributed by atoms with E-state index in [0.717, 1.165) is 23.3 Å². The molecule has 0 aliphatic rings. The molecule has 0 fully saturated rings. The fraction of sp³-hybridized carbons (Fsp3) is 0.267. The summed E-state index contributed by atoms with van der Waals surface area (Å²) < 4.78 is 35.6. The summed E-state index contributed by atoms with van der Waals surface area (Å²) in [6.45, 7) is 9.83. The van der Waals surface area contributed by atoms with Gasteiger partial charge < -0.3 is 14.6 Å². The van der Waals surface area contributed by atoms with Gasteiger partial charge in [-0.05, 0) is 83.0 Å². The van der Waals surface area contributed by atoms with Crippen molar-refractivity contribution in [1.82, 2.24) is 9.55 Å². The number of aryl methyl sites for hydroxylation is 2. The van der Waals surface area contributed by atoms with E-state index in [2.05, 4.69) is 16.8 Å². The third-order valence-corrected chi connectivity index (χ3v) is 5.76. The Bertz CT molecular complexity index is 1640. The lowest BCUT2D eigenvalue weighted by Crippen LogP contribution is -2.19. The summed E-state index contributed by atoms with van der Waals surface area (Å²) in [5, 5.41) is 20.4. The van der Waals surface area contributed by atoms with Crippen LogP contribution in [-0.2, 0) is 5.60 Å². The van der Waals surface area contributed by atoms with Crippen LogP contribution in [0.5, 0.6) is 0 Å². The highest BCUT2D eigenvalue weighted by molar-refractivity contribution is 5.77. The maximum absolute atomic E-state index is 14.8. The SMILES string of the molecule is Cc1cc(C#CC(C)(C)O)cc(C)c1-n1cc(-c2nc(C(C)(C)O)oc2-c2ccc(F)cc2F)ccc1=O. The van der Waals surface area contributed by atoms with Crippen molar-refractivity contribution in [2.24, 2.45) is 0 Å². The third-order valence-electron chi connectivity index (χ3n) is 5.76. The molecule has 0 saturated heterocycles. The Morgan fingerprint density at radius 3 is 2.21 bits per heavy atom. The normalized spacial score (nSPS) is 11.8.